The summed E-state index contributed by atoms with van der Waals surface area (Å²) in [6.07, 6.45) is 1.16. The Balaban J connectivity index is 2.95. The van der Waals surface area contributed by atoms with E-state index >= 15 is 0 Å². The van der Waals surface area contributed by atoms with Gasteiger partial charge in [-0.15, -0.1) is 0 Å². The van der Waals surface area contributed by atoms with Gasteiger partial charge in [-0.3, -0.25) is 0 Å². The van der Waals surface area contributed by atoms with Crippen LogP contribution in [0.3, 0.4) is 0 Å². The van der Waals surface area contributed by atoms with Gasteiger partial charge in [0.1, 0.15) is 12.4 Å². The van der Waals surface area contributed by atoms with Gasteiger partial charge in [0.15, 0.2) is 17.5 Å². The zero-order valence-corrected chi connectivity index (χ0v) is 14.3. The molecule has 0 radical (unpaired) electrons. The van der Waals surface area contributed by atoms with Crippen molar-refractivity contribution in [2.75, 3.05) is 20.3 Å². The molecule has 0 amide bonds. The molecule has 122 valence electrons. The van der Waals surface area contributed by atoms with Gasteiger partial charge in [-0.25, -0.2) is 13.8 Å². The summed E-state index contributed by atoms with van der Waals surface area (Å²) < 4.78 is 43.1. The average Bonchev–Trinajstić information content (AvgIpc) is 2.40. The topological polar surface area (TPSA) is 40.0 Å². The van der Waals surface area contributed by atoms with Crippen LogP contribution in [0.25, 0.3) is 0 Å². The molecule has 0 saturated heterocycles. The largest absolute Gasteiger partial charge is 0.532 e. The SMILES string of the molecule is C=C(N=Cc1c(OCCOC)ccc(F)c1F)O[Si](C)(C)C. The number of hydrogen-bond donors (Lipinski definition) is 0. The van der Waals surface area contributed by atoms with Crippen molar-refractivity contribution in [1.29, 1.82) is 0 Å². The van der Waals surface area contributed by atoms with Crippen molar-refractivity contribution in [1.82, 2.24) is 0 Å². The first kappa shape index (κ1) is 18.3. The first-order valence-electron chi connectivity index (χ1n) is 6.76. The second kappa shape index (κ2) is 8.05. The molecule has 7 heteroatoms. The number of methoxy groups -OCH3 is 1. The molecule has 0 aliphatic carbocycles. The van der Waals surface area contributed by atoms with Crippen molar-refractivity contribution in [3.63, 3.8) is 0 Å². The third-order valence-corrected chi connectivity index (χ3v) is 3.25. The van der Waals surface area contributed by atoms with Gasteiger partial charge in [-0.05, 0) is 38.4 Å². The Morgan fingerprint density at radius 3 is 2.55 bits per heavy atom. The molecule has 0 aliphatic rings. The van der Waals surface area contributed by atoms with Crippen LogP contribution in [0.15, 0.2) is 29.6 Å². The highest BCUT2D eigenvalue weighted by atomic mass is 28.4. The first-order valence-corrected chi connectivity index (χ1v) is 10.2. The monoisotopic (exact) mass is 329 g/mol. The van der Waals surface area contributed by atoms with Crippen molar-refractivity contribution in [3.8, 4) is 5.75 Å². The second-order valence-electron chi connectivity index (χ2n) is 5.48. The molecule has 4 nitrogen and oxygen atoms in total. The fraction of sp³-hybridized carbons (Fsp3) is 0.400. The Kier molecular flexibility index (Phi) is 6.70. The maximum Gasteiger partial charge on any atom is 0.244 e. The molecule has 0 saturated carbocycles. The zero-order chi connectivity index (χ0) is 16.8. The van der Waals surface area contributed by atoms with E-state index in [0.29, 0.717) is 6.61 Å². The summed E-state index contributed by atoms with van der Waals surface area (Å²) in [5.41, 5.74) is -0.0866. The fourth-order valence-electron chi connectivity index (χ4n) is 1.55. The van der Waals surface area contributed by atoms with E-state index in [-0.39, 0.29) is 23.8 Å². The summed E-state index contributed by atoms with van der Waals surface area (Å²) in [6, 6.07) is 2.35. The maximum atomic E-state index is 13.9. The lowest BCUT2D eigenvalue weighted by Gasteiger charge is -2.18. The number of halogens is 2. The minimum atomic E-state index is -1.85. The van der Waals surface area contributed by atoms with Crippen LogP contribution in [0.1, 0.15) is 5.56 Å². The molecule has 0 aromatic heterocycles. The number of nitrogens with zero attached hydrogens (tertiary/aromatic N) is 1. The zero-order valence-electron chi connectivity index (χ0n) is 13.3. The van der Waals surface area contributed by atoms with Gasteiger partial charge in [-0.2, -0.15) is 0 Å². The quantitative estimate of drug-likeness (QED) is 0.316. The van der Waals surface area contributed by atoms with E-state index in [4.69, 9.17) is 13.9 Å². The molecule has 1 aromatic rings. The third-order valence-electron chi connectivity index (χ3n) is 2.40. The third kappa shape index (κ3) is 5.95. The van der Waals surface area contributed by atoms with Gasteiger partial charge in [-0.1, -0.05) is 0 Å². The summed E-state index contributed by atoms with van der Waals surface area (Å²) in [7, 11) is -0.329. The van der Waals surface area contributed by atoms with Gasteiger partial charge in [0, 0.05) is 13.3 Å². The Hall–Kier alpha value is -1.73. The van der Waals surface area contributed by atoms with Gasteiger partial charge < -0.3 is 13.9 Å². The molecule has 0 heterocycles. The van der Waals surface area contributed by atoms with Crippen LogP contribution in [0.5, 0.6) is 5.75 Å². The average molecular weight is 329 g/mol. The summed E-state index contributed by atoms with van der Waals surface area (Å²) >= 11 is 0. The summed E-state index contributed by atoms with van der Waals surface area (Å²) in [4.78, 5) is 3.95. The van der Waals surface area contributed by atoms with Crippen molar-refractivity contribution >= 4 is 14.5 Å². The molecule has 0 atom stereocenters. The lowest BCUT2D eigenvalue weighted by molar-refractivity contribution is 0.146. The summed E-state index contributed by atoms with van der Waals surface area (Å²) in [6.45, 7) is 10.1. The van der Waals surface area contributed by atoms with E-state index in [1.807, 2.05) is 19.6 Å². The lowest BCUT2D eigenvalue weighted by atomic mass is 10.2. The fourth-order valence-corrected chi connectivity index (χ4v) is 2.31. The minimum Gasteiger partial charge on any atom is -0.532 e. The van der Waals surface area contributed by atoms with Gasteiger partial charge in [0.05, 0.1) is 12.2 Å². The second-order valence-corrected chi connectivity index (χ2v) is 9.91. The van der Waals surface area contributed by atoms with E-state index in [1.165, 1.54) is 13.2 Å². The Morgan fingerprint density at radius 1 is 1.27 bits per heavy atom. The number of benzene rings is 1. The number of ether oxygens (including phenoxy) is 2. The highest BCUT2D eigenvalue weighted by Crippen LogP contribution is 2.23. The highest BCUT2D eigenvalue weighted by Gasteiger charge is 2.17. The molecular formula is C15H21F2NO3Si. The molecule has 0 aliphatic heterocycles. The van der Waals surface area contributed by atoms with Gasteiger partial charge >= 0.3 is 0 Å². The van der Waals surface area contributed by atoms with Crippen LogP contribution in [0.4, 0.5) is 8.78 Å². The Morgan fingerprint density at radius 2 is 1.95 bits per heavy atom. The number of hydrogen-bond acceptors (Lipinski definition) is 4. The molecule has 1 aromatic carbocycles. The molecule has 0 unspecified atom stereocenters. The van der Waals surface area contributed by atoms with Gasteiger partial charge in [0.25, 0.3) is 0 Å². The van der Waals surface area contributed by atoms with Crippen LogP contribution in [0.2, 0.25) is 19.6 Å². The minimum absolute atomic E-state index is 0.0866. The summed E-state index contributed by atoms with van der Waals surface area (Å²) in [5, 5.41) is 0. The molecule has 1 rings (SSSR count). The highest BCUT2D eigenvalue weighted by molar-refractivity contribution is 6.70. The van der Waals surface area contributed by atoms with Crippen LogP contribution in [-0.2, 0) is 9.16 Å². The van der Waals surface area contributed by atoms with Gasteiger partial charge in [0.2, 0.25) is 8.32 Å². The van der Waals surface area contributed by atoms with Crippen LogP contribution < -0.4 is 4.74 Å². The number of aliphatic imine (C=N–C) groups is 1. The van der Waals surface area contributed by atoms with E-state index < -0.39 is 20.0 Å². The predicted octanol–water partition coefficient (Wildman–Crippen LogP) is 3.73. The molecular weight excluding hydrogens is 308 g/mol. The van der Waals surface area contributed by atoms with Crippen LogP contribution in [-0.4, -0.2) is 34.9 Å². The van der Waals surface area contributed by atoms with Crippen molar-refractivity contribution in [3.05, 3.63) is 41.8 Å². The Bertz CT molecular complexity index is 556. The van der Waals surface area contributed by atoms with Crippen molar-refractivity contribution < 1.29 is 22.7 Å². The molecule has 0 fully saturated rings. The summed E-state index contributed by atoms with van der Waals surface area (Å²) in [5.74, 6) is -1.66. The number of rotatable bonds is 8. The molecule has 0 spiro atoms. The Labute approximate surface area is 130 Å². The molecule has 22 heavy (non-hydrogen) atoms. The maximum absolute atomic E-state index is 13.9. The normalized spacial score (nSPS) is 11.7. The van der Waals surface area contributed by atoms with Crippen molar-refractivity contribution in [2.24, 2.45) is 4.99 Å². The van der Waals surface area contributed by atoms with E-state index in [9.17, 15) is 8.78 Å². The first-order chi connectivity index (χ1) is 10.2. The standard InChI is InChI=1S/C15H21F2NO3Si/c1-11(21-22(3,4)5)18-10-12-14(20-9-8-19-2)7-6-13(16)15(12)17/h6-7,10H,1,8-9H2,2-5H3. The molecule has 0 N–H and O–H groups in total. The van der Waals surface area contributed by atoms with E-state index in [2.05, 4.69) is 11.6 Å². The predicted molar refractivity (Wildman–Crippen MR) is 84.9 cm³/mol. The van der Waals surface area contributed by atoms with Crippen LogP contribution >= 0.6 is 0 Å². The molecule has 0 bridgehead atoms. The lowest BCUT2D eigenvalue weighted by Crippen LogP contribution is -2.24. The smallest absolute Gasteiger partial charge is 0.244 e. The van der Waals surface area contributed by atoms with Crippen molar-refractivity contribution in [2.45, 2.75) is 19.6 Å². The van der Waals surface area contributed by atoms with Crippen LogP contribution in [0, 0.1) is 11.6 Å². The van der Waals surface area contributed by atoms with E-state index in [0.717, 1.165) is 12.3 Å². The van der Waals surface area contributed by atoms with E-state index in [1.54, 1.807) is 0 Å².